The highest BCUT2D eigenvalue weighted by atomic mass is 32.2. The second-order valence-electron chi connectivity index (χ2n) is 8.03. The fraction of sp³-hybridized carbons (Fsp3) is 0.476. The molecule has 10 heteroatoms. The minimum Gasteiger partial charge on any atom is -0.341 e. The summed E-state index contributed by atoms with van der Waals surface area (Å²) >= 11 is 0. The molecule has 31 heavy (non-hydrogen) atoms. The first-order valence-corrected chi connectivity index (χ1v) is 12.2. The van der Waals surface area contributed by atoms with Crippen molar-refractivity contribution in [2.45, 2.75) is 36.5 Å². The fourth-order valence-electron chi connectivity index (χ4n) is 4.13. The summed E-state index contributed by atoms with van der Waals surface area (Å²) in [6, 6.07) is 3.60. The van der Waals surface area contributed by atoms with E-state index in [1.54, 1.807) is 28.3 Å². The average Bonchev–Trinajstić information content (AvgIpc) is 3.17. The minimum atomic E-state index is -3.50. The fourth-order valence-corrected chi connectivity index (χ4v) is 4.97. The number of aromatic nitrogens is 3. The van der Waals surface area contributed by atoms with Crippen LogP contribution in [0.5, 0.6) is 0 Å². The molecule has 2 saturated heterocycles. The van der Waals surface area contributed by atoms with Crippen LogP contribution in [-0.4, -0.2) is 77.4 Å². The third kappa shape index (κ3) is 4.73. The Kier molecular flexibility index (Phi) is 5.99. The van der Waals surface area contributed by atoms with E-state index in [-0.39, 0.29) is 29.2 Å². The Morgan fingerprint density at radius 1 is 1.19 bits per heavy atom. The molecule has 0 unspecified atom stereocenters. The van der Waals surface area contributed by atoms with Crippen molar-refractivity contribution in [2.24, 2.45) is 0 Å². The van der Waals surface area contributed by atoms with E-state index < -0.39 is 9.84 Å². The normalized spacial score (nSPS) is 17.9. The zero-order valence-electron chi connectivity index (χ0n) is 17.4. The molecular weight excluding hydrogens is 418 g/mol. The summed E-state index contributed by atoms with van der Waals surface area (Å²) in [5, 5.41) is 0. The number of carbonyl (C=O) groups excluding carboxylic acids is 2. The van der Waals surface area contributed by atoms with E-state index in [9.17, 15) is 18.0 Å². The van der Waals surface area contributed by atoms with Gasteiger partial charge >= 0.3 is 0 Å². The molecule has 2 fully saturated rings. The second kappa shape index (κ2) is 8.70. The molecule has 2 aromatic heterocycles. The molecule has 9 nitrogen and oxygen atoms in total. The maximum atomic E-state index is 12.6. The molecule has 164 valence electrons. The van der Waals surface area contributed by atoms with E-state index >= 15 is 0 Å². The van der Waals surface area contributed by atoms with Gasteiger partial charge in [0, 0.05) is 62.4 Å². The highest BCUT2D eigenvalue weighted by Gasteiger charge is 2.31. The lowest BCUT2D eigenvalue weighted by Gasteiger charge is -2.33. The lowest BCUT2D eigenvalue weighted by molar-refractivity contribution is -0.139. The van der Waals surface area contributed by atoms with Crippen LogP contribution in [0.1, 0.15) is 37.3 Å². The first kappa shape index (κ1) is 21.4. The maximum Gasteiger partial charge on any atom is 0.242 e. The molecule has 2 aromatic rings. The molecule has 0 bridgehead atoms. The van der Waals surface area contributed by atoms with Crippen LogP contribution in [0.25, 0.3) is 11.4 Å². The lowest BCUT2D eigenvalue weighted by Crippen LogP contribution is -2.44. The van der Waals surface area contributed by atoms with Gasteiger partial charge in [0.15, 0.2) is 15.7 Å². The van der Waals surface area contributed by atoms with Crippen LogP contribution >= 0.6 is 0 Å². The Morgan fingerprint density at radius 3 is 2.58 bits per heavy atom. The molecule has 0 atom stereocenters. The monoisotopic (exact) mass is 443 g/mol. The molecular formula is C21H25N5O4S. The maximum absolute atomic E-state index is 12.6. The summed E-state index contributed by atoms with van der Waals surface area (Å²) in [6.45, 7) is 1.76. The van der Waals surface area contributed by atoms with Crippen LogP contribution in [0.15, 0.2) is 35.6 Å². The van der Waals surface area contributed by atoms with Gasteiger partial charge in [0.2, 0.25) is 11.8 Å². The Labute approximate surface area is 181 Å². The second-order valence-corrected chi connectivity index (χ2v) is 10.0. The SMILES string of the molecule is CS(=O)(=O)c1cnc(-c2cccnc2)nc1C1CCN(C(=O)CN2CCCC2=O)CC1. The van der Waals surface area contributed by atoms with Crippen molar-refractivity contribution >= 4 is 21.7 Å². The lowest BCUT2D eigenvalue weighted by atomic mass is 9.93. The van der Waals surface area contributed by atoms with Crippen LogP contribution in [0.2, 0.25) is 0 Å². The van der Waals surface area contributed by atoms with Crippen LogP contribution < -0.4 is 0 Å². The first-order chi connectivity index (χ1) is 14.8. The number of amides is 2. The molecule has 2 amide bonds. The average molecular weight is 444 g/mol. The van der Waals surface area contributed by atoms with Crippen molar-refractivity contribution in [3.05, 3.63) is 36.4 Å². The third-order valence-electron chi connectivity index (χ3n) is 5.83. The summed E-state index contributed by atoms with van der Waals surface area (Å²) in [5.74, 6) is 0.308. The van der Waals surface area contributed by atoms with Crippen molar-refractivity contribution in [1.29, 1.82) is 0 Å². The van der Waals surface area contributed by atoms with Gasteiger partial charge < -0.3 is 9.80 Å². The molecule has 0 aliphatic carbocycles. The predicted octanol–water partition coefficient (Wildman–Crippen LogP) is 1.27. The number of pyridine rings is 1. The molecule has 0 aromatic carbocycles. The van der Waals surface area contributed by atoms with Crippen molar-refractivity contribution < 1.29 is 18.0 Å². The summed E-state index contributed by atoms with van der Waals surface area (Å²) in [7, 11) is -3.50. The van der Waals surface area contributed by atoms with E-state index in [0.29, 0.717) is 56.0 Å². The van der Waals surface area contributed by atoms with Gasteiger partial charge in [-0.2, -0.15) is 0 Å². The number of sulfone groups is 1. The summed E-state index contributed by atoms with van der Waals surface area (Å²) in [4.78, 5) is 40.8. The number of nitrogens with zero attached hydrogens (tertiary/aromatic N) is 5. The van der Waals surface area contributed by atoms with Crippen molar-refractivity contribution in [3.8, 4) is 11.4 Å². The van der Waals surface area contributed by atoms with E-state index in [1.807, 2.05) is 6.07 Å². The number of rotatable bonds is 5. The van der Waals surface area contributed by atoms with E-state index in [4.69, 9.17) is 0 Å². The molecule has 4 heterocycles. The molecule has 2 aliphatic heterocycles. The number of hydrogen-bond acceptors (Lipinski definition) is 7. The minimum absolute atomic E-state index is 0.0324. The standard InChI is InChI=1S/C21H25N5O4S/c1-31(29,30)17-13-23-21(16-4-2-8-22-12-16)24-20(17)15-6-10-25(11-7-15)19(28)14-26-9-3-5-18(26)27/h2,4,8,12-13,15H,3,5-7,9-11,14H2,1H3. The zero-order chi connectivity index (χ0) is 22.0. The van der Waals surface area contributed by atoms with Crippen LogP contribution in [-0.2, 0) is 19.4 Å². The van der Waals surface area contributed by atoms with Gasteiger partial charge in [-0.15, -0.1) is 0 Å². The molecule has 0 saturated carbocycles. The number of hydrogen-bond donors (Lipinski definition) is 0. The van der Waals surface area contributed by atoms with Crippen molar-refractivity contribution in [2.75, 3.05) is 32.4 Å². The highest BCUT2D eigenvalue weighted by Crippen LogP contribution is 2.32. The molecule has 2 aliphatic rings. The number of likely N-dealkylation sites (tertiary alicyclic amines) is 2. The van der Waals surface area contributed by atoms with Crippen LogP contribution in [0, 0.1) is 0 Å². The molecule has 4 rings (SSSR count). The van der Waals surface area contributed by atoms with Crippen molar-refractivity contribution in [3.63, 3.8) is 0 Å². The van der Waals surface area contributed by atoms with Gasteiger partial charge in [0.25, 0.3) is 0 Å². The molecule has 0 spiro atoms. The smallest absolute Gasteiger partial charge is 0.242 e. The van der Waals surface area contributed by atoms with Gasteiger partial charge in [-0.1, -0.05) is 0 Å². The van der Waals surface area contributed by atoms with Gasteiger partial charge in [0.1, 0.15) is 4.90 Å². The van der Waals surface area contributed by atoms with Crippen LogP contribution in [0.3, 0.4) is 0 Å². The molecule has 0 N–H and O–H groups in total. The molecule has 0 radical (unpaired) electrons. The Balaban J connectivity index is 1.51. The summed E-state index contributed by atoms with van der Waals surface area (Å²) in [5.41, 5.74) is 1.21. The van der Waals surface area contributed by atoms with Gasteiger partial charge in [-0.25, -0.2) is 18.4 Å². The highest BCUT2D eigenvalue weighted by molar-refractivity contribution is 7.90. The predicted molar refractivity (Wildman–Crippen MR) is 113 cm³/mol. The first-order valence-electron chi connectivity index (χ1n) is 10.4. The number of carbonyl (C=O) groups is 2. The Hall–Kier alpha value is -2.88. The van der Waals surface area contributed by atoms with Gasteiger partial charge in [0.05, 0.1) is 12.2 Å². The van der Waals surface area contributed by atoms with E-state index in [0.717, 1.165) is 12.7 Å². The Morgan fingerprint density at radius 2 is 1.97 bits per heavy atom. The Bertz CT molecular complexity index is 1080. The van der Waals surface area contributed by atoms with E-state index in [2.05, 4.69) is 15.0 Å². The van der Waals surface area contributed by atoms with Gasteiger partial charge in [-0.3, -0.25) is 14.6 Å². The largest absolute Gasteiger partial charge is 0.341 e. The van der Waals surface area contributed by atoms with E-state index in [1.165, 1.54) is 6.20 Å². The van der Waals surface area contributed by atoms with Crippen LogP contribution in [0.4, 0.5) is 0 Å². The quantitative estimate of drug-likeness (QED) is 0.684. The third-order valence-corrected chi connectivity index (χ3v) is 6.95. The number of piperidine rings is 1. The summed E-state index contributed by atoms with van der Waals surface area (Å²) < 4.78 is 24.7. The van der Waals surface area contributed by atoms with Gasteiger partial charge in [-0.05, 0) is 31.4 Å². The zero-order valence-corrected chi connectivity index (χ0v) is 18.2. The topological polar surface area (TPSA) is 113 Å². The van der Waals surface area contributed by atoms with Crippen molar-refractivity contribution in [1.82, 2.24) is 24.8 Å². The summed E-state index contributed by atoms with van der Waals surface area (Å²) in [6.07, 6.45) is 8.34.